The molecule has 1 unspecified atom stereocenters. The van der Waals surface area contributed by atoms with Crippen LogP contribution in [-0.2, 0) is 18.3 Å². The number of hydrogen-bond acceptors (Lipinski definition) is 5. The zero-order valence-corrected chi connectivity index (χ0v) is 22.3. The minimum absolute atomic E-state index is 0.108. The molecule has 194 valence electrons. The standard InChI is InChI=1S/C29H35N5O2S/c1-33-27(31-32-29(33)37-20-22-12-6-3-7-13-22)25(18-21-10-4-2-5-11-21)30-28(36)23-14-8-15-24(19-23)34-17-9-16-26(34)35/h2,4-5,8,10-11,14-15,19,22,25H,3,6-7,9,12-13,16-18,20H2,1H3,(H,30,36). The number of nitrogens with one attached hydrogen (secondary N) is 1. The average molecular weight is 518 g/mol. The molecule has 1 atom stereocenters. The van der Waals surface area contributed by atoms with Crippen LogP contribution in [0.4, 0.5) is 5.69 Å². The van der Waals surface area contributed by atoms with Crippen LogP contribution in [0.3, 0.4) is 0 Å². The summed E-state index contributed by atoms with van der Waals surface area (Å²) in [5, 5.41) is 13.1. The molecule has 0 bridgehead atoms. The smallest absolute Gasteiger partial charge is 0.251 e. The molecule has 2 fully saturated rings. The molecule has 8 heteroatoms. The lowest BCUT2D eigenvalue weighted by atomic mass is 9.91. The van der Waals surface area contributed by atoms with Gasteiger partial charge in [0.25, 0.3) is 5.91 Å². The number of aromatic nitrogens is 3. The van der Waals surface area contributed by atoms with Gasteiger partial charge in [0.05, 0.1) is 6.04 Å². The van der Waals surface area contributed by atoms with Crippen LogP contribution in [0, 0.1) is 5.92 Å². The Morgan fingerprint density at radius 3 is 2.62 bits per heavy atom. The highest BCUT2D eigenvalue weighted by Crippen LogP contribution is 2.30. The van der Waals surface area contributed by atoms with Crippen molar-refractivity contribution >= 4 is 29.3 Å². The van der Waals surface area contributed by atoms with Crippen LogP contribution in [0.25, 0.3) is 0 Å². The van der Waals surface area contributed by atoms with Gasteiger partial charge in [-0.1, -0.05) is 67.4 Å². The lowest BCUT2D eigenvalue weighted by molar-refractivity contribution is -0.117. The first-order chi connectivity index (χ1) is 18.1. The van der Waals surface area contributed by atoms with Gasteiger partial charge in [-0.05, 0) is 55.4 Å². The third-order valence-electron chi connectivity index (χ3n) is 7.43. The summed E-state index contributed by atoms with van der Waals surface area (Å²) in [7, 11) is 1.99. The van der Waals surface area contributed by atoms with E-state index in [2.05, 4.69) is 27.6 Å². The monoisotopic (exact) mass is 517 g/mol. The van der Waals surface area contributed by atoms with E-state index in [0.29, 0.717) is 24.9 Å². The lowest BCUT2D eigenvalue weighted by Gasteiger charge is -2.21. The van der Waals surface area contributed by atoms with Crippen LogP contribution < -0.4 is 10.2 Å². The van der Waals surface area contributed by atoms with Gasteiger partial charge in [-0.2, -0.15) is 0 Å². The van der Waals surface area contributed by atoms with Gasteiger partial charge in [0.1, 0.15) is 0 Å². The summed E-state index contributed by atoms with van der Waals surface area (Å²) in [4.78, 5) is 27.4. The van der Waals surface area contributed by atoms with Crippen molar-refractivity contribution in [2.45, 2.75) is 62.6 Å². The Hall–Kier alpha value is -3.13. The quantitative estimate of drug-likeness (QED) is 0.388. The van der Waals surface area contributed by atoms with Gasteiger partial charge in [-0.3, -0.25) is 9.59 Å². The molecule has 5 rings (SSSR count). The van der Waals surface area contributed by atoms with Crippen LogP contribution >= 0.6 is 11.8 Å². The van der Waals surface area contributed by atoms with E-state index in [4.69, 9.17) is 0 Å². The molecule has 1 aliphatic heterocycles. The number of thioether (sulfide) groups is 1. The Balaban J connectivity index is 1.34. The number of benzene rings is 2. The molecule has 2 amide bonds. The fraction of sp³-hybridized carbons (Fsp3) is 0.448. The molecular weight excluding hydrogens is 482 g/mol. The molecule has 3 aromatic rings. The van der Waals surface area contributed by atoms with Crippen LogP contribution in [0.2, 0.25) is 0 Å². The Morgan fingerprint density at radius 1 is 1.05 bits per heavy atom. The van der Waals surface area contributed by atoms with Crippen LogP contribution in [0.5, 0.6) is 0 Å². The van der Waals surface area contributed by atoms with E-state index in [1.807, 2.05) is 41.9 Å². The second-order valence-corrected chi connectivity index (χ2v) is 11.1. The first-order valence-electron chi connectivity index (χ1n) is 13.4. The number of anilines is 1. The molecule has 1 N–H and O–H groups in total. The molecule has 2 aromatic carbocycles. The Morgan fingerprint density at radius 2 is 1.86 bits per heavy atom. The van der Waals surface area contributed by atoms with Crippen molar-refractivity contribution in [3.63, 3.8) is 0 Å². The average Bonchev–Trinajstić information content (AvgIpc) is 3.53. The molecule has 1 saturated heterocycles. The minimum Gasteiger partial charge on any atom is -0.342 e. The predicted octanol–water partition coefficient (Wildman–Crippen LogP) is 5.33. The van der Waals surface area contributed by atoms with Gasteiger partial charge < -0.3 is 14.8 Å². The fourth-order valence-corrected chi connectivity index (χ4v) is 6.44. The molecular formula is C29H35N5O2S. The second-order valence-electron chi connectivity index (χ2n) is 10.1. The first-order valence-corrected chi connectivity index (χ1v) is 14.3. The summed E-state index contributed by atoms with van der Waals surface area (Å²) in [5.41, 5.74) is 2.42. The van der Waals surface area contributed by atoms with Crippen molar-refractivity contribution in [1.29, 1.82) is 0 Å². The normalized spacial score (nSPS) is 17.2. The Kier molecular flexibility index (Phi) is 8.24. The minimum atomic E-state index is -0.339. The maximum absolute atomic E-state index is 13.4. The molecule has 1 aliphatic carbocycles. The van der Waals surface area contributed by atoms with Gasteiger partial charge in [-0.25, -0.2) is 0 Å². The van der Waals surface area contributed by atoms with Crippen molar-refractivity contribution in [1.82, 2.24) is 20.1 Å². The molecule has 2 heterocycles. The fourth-order valence-electron chi connectivity index (χ4n) is 5.34. The second kappa shape index (κ2) is 11.9. The van der Waals surface area contributed by atoms with Gasteiger partial charge in [-0.15, -0.1) is 10.2 Å². The molecule has 0 radical (unpaired) electrons. The summed E-state index contributed by atoms with van der Waals surface area (Å²) in [5.74, 6) is 2.47. The van der Waals surface area contributed by atoms with Crippen molar-refractivity contribution < 1.29 is 9.59 Å². The maximum Gasteiger partial charge on any atom is 0.251 e. The number of nitrogens with zero attached hydrogens (tertiary/aromatic N) is 4. The van der Waals surface area contributed by atoms with Crippen LogP contribution in [0.15, 0.2) is 59.8 Å². The van der Waals surface area contributed by atoms with E-state index < -0.39 is 0 Å². The first kappa shape index (κ1) is 25.5. The van der Waals surface area contributed by atoms with Gasteiger partial charge in [0.2, 0.25) is 5.91 Å². The third-order valence-corrected chi connectivity index (χ3v) is 8.69. The Labute approximate surface area is 223 Å². The van der Waals surface area contributed by atoms with E-state index in [1.165, 1.54) is 32.1 Å². The summed E-state index contributed by atoms with van der Waals surface area (Å²) in [6.45, 7) is 0.695. The van der Waals surface area contributed by atoms with Crippen molar-refractivity contribution in [2.75, 3.05) is 17.2 Å². The van der Waals surface area contributed by atoms with Gasteiger partial charge in [0.15, 0.2) is 11.0 Å². The zero-order chi connectivity index (χ0) is 25.6. The number of carbonyl (C=O) groups is 2. The van der Waals surface area contributed by atoms with Crippen molar-refractivity contribution in [2.24, 2.45) is 13.0 Å². The third kappa shape index (κ3) is 6.24. The van der Waals surface area contributed by atoms with Crippen molar-refractivity contribution in [3.05, 3.63) is 71.5 Å². The van der Waals surface area contributed by atoms with E-state index in [9.17, 15) is 9.59 Å². The van der Waals surface area contributed by atoms with Gasteiger partial charge in [0, 0.05) is 37.0 Å². The SMILES string of the molecule is Cn1c(SCC2CCCCC2)nnc1C(Cc1ccccc1)NC(=O)c1cccc(N2CCCC2=O)c1. The molecule has 0 spiro atoms. The molecule has 37 heavy (non-hydrogen) atoms. The highest BCUT2D eigenvalue weighted by molar-refractivity contribution is 7.99. The highest BCUT2D eigenvalue weighted by Gasteiger charge is 2.25. The number of carbonyl (C=O) groups excluding carboxylic acids is 2. The van der Waals surface area contributed by atoms with Crippen LogP contribution in [-0.4, -0.2) is 38.9 Å². The predicted molar refractivity (Wildman–Crippen MR) is 147 cm³/mol. The Bertz CT molecular complexity index is 1220. The summed E-state index contributed by atoms with van der Waals surface area (Å²) in [6.07, 6.45) is 8.62. The van der Waals surface area contributed by atoms with E-state index >= 15 is 0 Å². The van der Waals surface area contributed by atoms with Crippen LogP contribution in [0.1, 0.15) is 72.7 Å². The largest absolute Gasteiger partial charge is 0.342 e. The maximum atomic E-state index is 13.4. The van der Waals surface area contributed by atoms with Gasteiger partial charge >= 0.3 is 0 Å². The molecule has 7 nitrogen and oxygen atoms in total. The molecule has 1 saturated carbocycles. The van der Waals surface area contributed by atoms with E-state index in [-0.39, 0.29) is 17.9 Å². The molecule has 2 aliphatic rings. The number of rotatable bonds is 9. The summed E-state index contributed by atoms with van der Waals surface area (Å²) in [6, 6.07) is 17.1. The molecule has 1 aromatic heterocycles. The summed E-state index contributed by atoms with van der Waals surface area (Å²) < 4.78 is 2.03. The number of amides is 2. The van der Waals surface area contributed by atoms with E-state index in [1.54, 1.807) is 28.8 Å². The number of hydrogen-bond donors (Lipinski definition) is 1. The summed E-state index contributed by atoms with van der Waals surface area (Å²) >= 11 is 1.77. The van der Waals surface area contributed by atoms with E-state index in [0.717, 1.165) is 40.3 Å². The zero-order valence-electron chi connectivity index (χ0n) is 21.4. The van der Waals surface area contributed by atoms with Crippen molar-refractivity contribution in [3.8, 4) is 0 Å². The topological polar surface area (TPSA) is 80.1 Å². The lowest BCUT2D eigenvalue weighted by Crippen LogP contribution is -2.32. The highest BCUT2D eigenvalue weighted by atomic mass is 32.2.